The number of nitrogens with one attached hydrogen (secondary N) is 1. The molecule has 2 atom stereocenters. The van der Waals surface area contributed by atoms with Gasteiger partial charge in [-0.15, -0.1) is 22.9 Å². The molecule has 1 N–H and O–H groups in total. The molecule has 1 aliphatic rings. The lowest BCUT2D eigenvalue weighted by Gasteiger charge is -2.13. The van der Waals surface area contributed by atoms with Gasteiger partial charge >= 0.3 is 0 Å². The first-order valence-electron chi connectivity index (χ1n) is 5.52. The molecule has 1 aliphatic carbocycles. The number of rotatable bonds is 3. The highest BCUT2D eigenvalue weighted by Gasteiger charge is 2.29. The number of hydrogen-bond donors (Lipinski definition) is 1. The average Bonchev–Trinajstić information content (AvgIpc) is 2.86. The Kier molecular flexibility index (Phi) is 3.82. The number of aromatic nitrogens is 1. The summed E-state index contributed by atoms with van der Waals surface area (Å²) >= 11 is 7.09. The van der Waals surface area contributed by atoms with Crippen molar-refractivity contribution in [2.24, 2.45) is 11.8 Å². The normalized spacial score (nSPS) is 24.6. The third kappa shape index (κ3) is 2.55. The van der Waals surface area contributed by atoms with Crippen LogP contribution in [0.3, 0.4) is 0 Å². The van der Waals surface area contributed by atoms with Crippen LogP contribution in [-0.4, -0.2) is 10.9 Å². The number of carbonyl (C=O) groups is 1. The van der Waals surface area contributed by atoms with E-state index in [0.717, 1.165) is 25.0 Å². The Morgan fingerprint density at radius 2 is 2.50 bits per heavy atom. The number of halogens is 1. The first-order chi connectivity index (χ1) is 7.70. The number of anilines is 1. The maximum Gasteiger partial charge on any atom is 0.229 e. The van der Waals surface area contributed by atoms with Gasteiger partial charge in [-0.1, -0.05) is 13.3 Å². The predicted molar refractivity (Wildman–Crippen MR) is 66.8 cm³/mol. The van der Waals surface area contributed by atoms with E-state index in [0.29, 0.717) is 16.9 Å². The van der Waals surface area contributed by atoms with Gasteiger partial charge in [0.25, 0.3) is 0 Å². The Morgan fingerprint density at radius 1 is 1.69 bits per heavy atom. The molecular weight excluding hydrogens is 244 g/mol. The maximum atomic E-state index is 11.9. The number of hydrogen-bond acceptors (Lipinski definition) is 3. The molecule has 0 aliphatic heterocycles. The summed E-state index contributed by atoms with van der Waals surface area (Å²) in [5.74, 6) is 1.16. The maximum absolute atomic E-state index is 11.9. The zero-order valence-electron chi connectivity index (χ0n) is 9.20. The van der Waals surface area contributed by atoms with E-state index in [2.05, 4.69) is 17.2 Å². The highest BCUT2D eigenvalue weighted by Crippen LogP contribution is 2.32. The number of carbonyl (C=O) groups excluding carboxylic acids is 1. The van der Waals surface area contributed by atoms with Gasteiger partial charge in [-0.05, 0) is 18.8 Å². The second-order valence-corrected chi connectivity index (χ2v) is 5.41. The molecule has 88 valence electrons. The van der Waals surface area contributed by atoms with Gasteiger partial charge in [0.15, 0.2) is 5.13 Å². The van der Waals surface area contributed by atoms with Crippen molar-refractivity contribution in [2.75, 3.05) is 5.32 Å². The van der Waals surface area contributed by atoms with Crippen molar-refractivity contribution in [2.45, 2.75) is 32.1 Å². The van der Waals surface area contributed by atoms with Crippen LogP contribution in [0.1, 0.15) is 31.9 Å². The van der Waals surface area contributed by atoms with E-state index in [1.165, 1.54) is 11.3 Å². The average molecular weight is 259 g/mol. The van der Waals surface area contributed by atoms with Gasteiger partial charge in [0.2, 0.25) is 5.91 Å². The zero-order chi connectivity index (χ0) is 11.5. The second-order valence-electron chi connectivity index (χ2n) is 4.28. The molecular formula is C11H15ClN2OS. The Bertz CT molecular complexity index is 380. The highest BCUT2D eigenvalue weighted by atomic mass is 35.5. The summed E-state index contributed by atoms with van der Waals surface area (Å²) in [6.45, 7) is 2.14. The number of amides is 1. The van der Waals surface area contributed by atoms with Crippen molar-refractivity contribution in [3.63, 3.8) is 0 Å². The first kappa shape index (κ1) is 11.9. The molecule has 5 heteroatoms. The molecule has 1 aromatic rings. The molecule has 1 saturated carbocycles. The second kappa shape index (κ2) is 5.15. The lowest BCUT2D eigenvalue weighted by atomic mass is 9.97. The van der Waals surface area contributed by atoms with Crippen LogP contribution in [0.4, 0.5) is 5.13 Å². The minimum absolute atomic E-state index is 0.112. The fourth-order valence-electron chi connectivity index (χ4n) is 2.16. The van der Waals surface area contributed by atoms with Crippen LogP contribution < -0.4 is 5.32 Å². The summed E-state index contributed by atoms with van der Waals surface area (Å²) in [5.41, 5.74) is 0.821. The number of thiazole rings is 1. The Morgan fingerprint density at radius 3 is 3.06 bits per heavy atom. The molecule has 2 unspecified atom stereocenters. The standard InChI is InChI=1S/C11H15ClN2OS/c1-7-3-2-4-9(7)10(15)14-11-13-8(5-12)6-16-11/h6-7,9H,2-5H2,1H3,(H,13,14,15). The molecule has 1 fully saturated rings. The molecule has 1 heterocycles. The Balaban J connectivity index is 1.96. The van der Waals surface area contributed by atoms with Crippen molar-refractivity contribution in [3.05, 3.63) is 11.1 Å². The summed E-state index contributed by atoms with van der Waals surface area (Å²) in [4.78, 5) is 16.2. The van der Waals surface area contributed by atoms with E-state index in [1.807, 2.05) is 5.38 Å². The fourth-order valence-corrected chi connectivity index (χ4v) is 3.10. The Labute approximate surface area is 104 Å². The van der Waals surface area contributed by atoms with E-state index < -0.39 is 0 Å². The van der Waals surface area contributed by atoms with Gasteiger partial charge in [-0.25, -0.2) is 4.98 Å². The summed E-state index contributed by atoms with van der Waals surface area (Å²) in [6.07, 6.45) is 3.31. The monoisotopic (exact) mass is 258 g/mol. The molecule has 0 bridgehead atoms. The molecule has 0 spiro atoms. The van der Waals surface area contributed by atoms with Crippen molar-refractivity contribution in [1.82, 2.24) is 4.98 Å². The van der Waals surface area contributed by atoms with E-state index in [-0.39, 0.29) is 11.8 Å². The third-order valence-electron chi connectivity index (χ3n) is 3.12. The Hall–Kier alpha value is -0.610. The lowest BCUT2D eigenvalue weighted by molar-refractivity contribution is -0.120. The summed E-state index contributed by atoms with van der Waals surface area (Å²) in [7, 11) is 0. The molecule has 0 radical (unpaired) electrons. The predicted octanol–water partition coefficient (Wildman–Crippen LogP) is 3.26. The summed E-state index contributed by atoms with van der Waals surface area (Å²) in [5, 5.41) is 5.42. The largest absolute Gasteiger partial charge is 0.302 e. The SMILES string of the molecule is CC1CCCC1C(=O)Nc1nc(CCl)cs1. The van der Waals surface area contributed by atoms with Crippen LogP contribution in [0, 0.1) is 11.8 Å². The van der Waals surface area contributed by atoms with E-state index in [9.17, 15) is 4.79 Å². The lowest BCUT2D eigenvalue weighted by Crippen LogP contribution is -2.24. The van der Waals surface area contributed by atoms with E-state index >= 15 is 0 Å². The van der Waals surface area contributed by atoms with Crippen LogP contribution in [0.15, 0.2) is 5.38 Å². The third-order valence-corrected chi connectivity index (χ3v) is 4.20. The van der Waals surface area contributed by atoms with Gasteiger partial charge in [-0.3, -0.25) is 4.79 Å². The van der Waals surface area contributed by atoms with E-state index in [4.69, 9.17) is 11.6 Å². The van der Waals surface area contributed by atoms with Gasteiger partial charge < -0.3 is 5.32 Å². The van der Waals surface area contributed by atoms with E-state index in [1.54, 1.807) is 0 Å². The molecule has 0 saturated heterocycles. The van der Waals surface area contributed by atoms with Gasteiger partial charge in [0, 0.05) is 11.3 Å². The van der Waals surface area contributed by atoms with Crippen molar-refractivity contribution < 1.29 is 4.79 Å². The van der Waals surface area contributed by atoms with Crippen molar-refractivity contribution >= 4 is 34.0 Å². The quantitative estimate of drug-likeness (QED) is 0.846. The molecule has 1 aromatic heterocycles. The molecule has 2 rings (SSSR count). The first-order valence-corrected chi connectivity index (χ1v) is 6.93. The minimum atomic E-state index is 0.112. The molecule has 3 nitrogen and oxygen atoms in total. The van der Waals surface area contributed by atoms with Gasteiger partial charge in [0.05, 0.1) is 11.6 Å². The summed E-state index contributed by atoms with van der Waals surface area (Å²) in [6, 6.07) is 0. The van der Waals surface area contributed by atoms with Gasteiger partial charge in [-0.2, -0.15) is 0 Å². The molecule has 1 amide bonds. The van der Waals surface area contributed by atoms with Crippen LogP contribution in [0.2, 0.25) is 0 Å². The minimum Gasteiger partial charge on any atom is -0.302 e. The smallest absolute Gasteiger partial charge is 0.229 e. The zero-order valence-corrected chi connectivity index (χ0v) is 10.8. The topological polar surface area (TPSA) is 42.0 Å². The van der Waals surface area contributed by atoms with Crippen LogP contribution in [-0.2, 0) is 10.7 Å². The van der Waals surface area contributed by atoms with Crippen LogP contribution in [0.5, 0.6) is 0 Å². The molecule has 0 aromatic carbocycles. The number of alkyl halides is 1. The fraction of sp³-hybridized carbons (Fsp3) is 0.636. The molecule has 16 heavy (non-hydrogen) atoms. The highest BCUT2D eigenvalue weighted by molar-refractivity contribution is 7.13. The van der Waals surface area contributed by atoms with Crippen molar-refractivity contribution in [1.29, 1.82) is 0 Å². The van der Waals surface area contributed by atoms with Gasteiger partial charge in [0.1, 0.15) is 0 Å². The van der Waals surface area contributed by atoms with Crippen molar-refractivity contribution in [3.8, 4) is 0 Å². The van der Waals surface area contributed by atoms with Crippen LogP contribution >= 0.6 is 22.9 Å². The number of nitrogens with zero attached hydrogens (tertiary/aromatic N) is 1. The van der Waals surface area contributed by atoms with Crippen LogP contribution in [0.25, 0.3) is 0 Å². The summed E-state index contributed by atoms with van der Waals surface area (Å²) < 4.78 is 0.